The fraction of sp³-hybridized carbons (Fsp3) is 0.211. The van der Waals surface area contributed by atoms with E-state index in [1.54, 1.807) is 6.21 Å². The largest absolute Gasteiger partial charge is 0.460 e. The lowest BCUT2D eigenvalue weighted by molar-refractivity contribution is 0.500. The second-order valence-electron chi connectivity index (χ2n) is 6.43. The van der Waals surface area contributed by atoms with Crippen LogP contribution < -0.4 is 5.43 Å². The first-order chi connectivity index (χ1) is 12.3. The van der Waals surface area contributed by atoms with Crippen LogP contribution >= 0.6 is 0 Å². The van der Waals surface area contributed by atoms with Crippen LogP contribution in [0.1, 0.15) is 30.8 Å². The van der Waals surface area contributed by atoms with E-state index in [-0.39, 0.29) is 0 Å². The fourth-order valence-electron chi connectivity index (χ4n) is 3.12. The highest BCUT2D eigenvalue weighted by Gasteiger charge is 2.36. The van der Waals surface area contributed by atoms with Gasteiger partial charge in [0.05, 0.1) is 6.21 Å². The Labute approximate surface area is 143 Å². The second-order valence-corrected chi connectivity index (χ2v) is 6.43. The number of nitrogens with one attached hydrogen (secondary N) is 1. The third kappa shape index (κ3) is 2.46. The van der Waals surface area contributed by atoms with E-state index in [1.165, 1.54) is 12.7 Å². The maximum Gasteiger partial charge on any atom is 0.197 e. The number of fused-ring (bicyclic) bond motifs is 3. The van der Waals surface area contributed by atoms with Gasteiger partial charge in [-0.1, -0.05) is 19.1 Å². The maximum atomic E-state index is 5.86. The molecule has 0 aliphatic heterocycles. The van der Waals surface area contributed by atoms with Gasteiger partial charge in [-0.2, -0.15) is 5.10 Å². The molecule has 2 atom stereocenters. The van der Waals surface area contributed by atoms with E-state index in [9.17, 15) is 0 Å². The standard InChI is InChI=1S/C19H16N4O2/c1-11-8-14(11)16-7-6-12(24-16)9-22-23-19-18-17(20-10-21-19)13-4-2-3-5-15(13)25-18/h2-7,9-11,14H,8H2,1H3,(H,20,21,23)/b22-9-/t11-,14+/m1/s1. The molecule has 0 unspecified atom stereocenters. The molecule has 124 valence electrons. The first-order valence-corrected chi connectivity index (χ1v) is 8.30. The molecule has 25 heavy (non-hydrogen) atoms. The predicted octanol–water partition coefficient (Wildman–Crippen LogP) is 4.54. The second kappa shape index (κ2) is 5.44. The molecule has 3 heterocycles. The highest BCUT2D eigenvalue weighted by Crippen LogP contribution is 2.47. The van der Waals surface area contributed by atoms with Gasteiger partial charge < -0.3 is 8.83 Å². The van der Waals surface area contributed by atoms with Gasteiger partial charge in [-0.15, -0.1) is 0 Å². The van der Waals surface area contributed by atoms with Crippen molar-refractivity contribution in [2.75, 3.05) is 5.43 Å². The molecule has 0 radical (unpaired) electrons. The molecule has 1 aromatic carbocycles. The van der Waals surface area contributed by atoms with Crippen LogP contribution in [0.3, 0.4) is 0 Å². The number of aromatic nitrogens is 2. The molecule has 0 bridgehead atoms. The molecule has 0 spiro atoms. The van der Waals surface area contributed by atoms with E-state index in [4.69, 9.17) is 8.83 Å². The van der Waals surface area contributed by atoms with Crippen LogP contribution in [0, 0.1) is 5.92 Å². The average Bonchev–Trinajstić information content (AvgIpc) is 3.05. The van der Waals surface area contributed by atoms with Crippen LogP contribution in [-0.4, -0.2) is 16.2 Å². The summed E-state index contributed by atoms with van der Waals surface area (Å²) in [5, 5.41) is 5.18. The lowest BCUT2D eigenvalue weighted by atomic mass is 10.2. The van der Waals surface area contributed by atoms with E-state index < -0.39 is 0 Å². The normalized spacial score (nSPS) is 19.9. The van der Waals surface area contributed by atoms with Crippen molar-refractivity contribution in [2.24, 2.45) is 11.0 Å². The molecule has 6 nitrogen and oxygen atoms in total. The SMILES string of the molecule is C[C@@H]1C[C@@H]1c1ccc(/C=N\Nc2ncnc3c2oc2ccccc23)o1. The Kier molecular flexibility index (Phi) is 3.09. The molecule has 4 aromatic rings. The van der Waals surface area contributed by atoms with Gasteiger partial charge in [-0.05, 0) is 36.6 Å². The first-order valence-electron chi connectivity index (χ1n) is 8.30. The van der Waals surface area contributed by atoms with Gasteiger partial charge in [0.1, 0.15) is 28.9 Å². The quantitative estimate of drug-likeness (QED) is 0.438. The van der Waals surface area contributed by atoms with Gasteiger partial charge >= 0.3 is 0 Å². The predicted molar refractivity (Wildman–Crippen MR) is 95.8 cm³/mol. The lowest BCUT2D eigenvalue weighted by Gasteiger charge is -1.98. The van der Waals surface area contributed by atoms with Gasteiger partial charge in [0.15, 0.2) is 11.4 Å². The molecule has 3 aromatic heterocycles. The summed E-state index contributed by atoms with van der Waals surface area (Å²) in [7, 11) is 0. The van der Waals surface area contributed by atoms with Gasteiger partial charge in [0.2, 0.25) is 0 Å². The van der Waals surface area contributed by atoms with Gasteiger partial charge in [-0.25, -0.2) is 9.97 Å². The van der Waals surface area contributed by atoms with Gasteiger partial charge in [0.25, 0.3) is 0 Å². The number of anilines is 1. The minimum absolute atomic E-state index is 0.528. The highest BCUT2D eigenvalue weighted by molar-refractivity contribution is 6.05. The van der Waals surface area contributed by atoms with Gasteiger partial charge in [0, 0.05) is 11.3 Å². The molecule has 1 N–H and O–H groups in total. The summed E-state index contributed by atoms with van der Waals surface area (Å²) in [6.45, 7) is 2.23. The Bertz CT molecular complexity index is 1100. The Hall–Kier alpha value is -3.15. The third-order valence-corrected chi connectivity index (χ3v) is 4.64. The maximum absolute atomic E-state index is 5.86. The molecule has 6 heteroatoms. The number of hydrogen-bond donors (Lipinski definition) is 1. The summed E-state index contributed by atoms with van der Waals surface area (Å²) in [6, 6.07) is 11.7. The van der Waals surface area contributed by atoms with Crippen LogP contribution in [-0.2, 0) is 0 Å². The average molecular weight is 332 g/mol. The smallest absolute Gasteiger partial charge is 0.197 e. The summed E-state index contributed by atoms with van der Waals surface area (Å²) in [5.41, 5.74) is 5.06. The van der Waals surface area contributed by atoms with Crippen molar-refractivity contribution in [1.82, 2.24) is 9.97 Å². The van der Waals surface area contributed by atoms with Crippen LogP contribution in [0.2, 0.25) is 0 Å². The molecule has 1 fully saturated rings. The van der Waals surface area contributed by atoms with E-state index in [1.807, 2.05) is 36.4 Å². The zero-order valence-electron chi connectivity index (χ0n) is 13.6. The minimum atomic E-state index is 0.528. The zero-order valence-corrected chi connectivity index (χ0v) is 13.6. The zero-order chi connectivity index (χ0) is 16.8. The molecular formula is C19H16N4O2. The number of nitrogens with zero attached hydrogens (tertiary/aromatic N) is 3. The minimum Gasteiger partial charge on any atom is -0.460 e. The monoisotopic (exact) mass is 332 g/mol. The summed E-state index contributed by atoms with van der Waals surface area (Å²) in [6.07, 6.45) is 4.35. The van der Waals surface area contributed by atoms with Crippen LogP contribution in [0.4, 0.5) is 5.82 Å². The number of benzene rings is 1. The van der Waals surface area contributed by atoms with Crippen molar-refractivity contribution in [2.45, 2.75) is 19.3 Å². The topological polar surface area (TPSA) is 76.5 Å². The third-order valence-electron chi connectivity index (χ3n) is 4.64. The van der Waals surface area contributed by atoms with Crippen LogP contribution in [0.5, 0.6) is 0 Å². The summed E-state index contributed by atoms with van der Waals surface area (Å²) < 4.78 is 11.7. The summed E-state index contributed by atoms with van der Waals surface area (Å²) in [4.78, 5) is 8.54. The Morgan fingerprint density at radius 3 is 2.92 bits per heavy atom. The van der Waals surface area contributed by atoms with E-state index >= 15 is 0 Å². The fourth-order valence-corrected chi connectivity index (χ4v) is 3.12. The van der Waals surface area contributed by atoms with Crippen molar-refractivity contribution < 1.29 is 8.83 Å². The van der Waals surface area contributed by atoms with Crippen molar-refractivity contribution in [1.29, 1.82) is 0 Å². The molecule has 5 rings (SSSR count). The highest BCUT2D eigenvalue weighted by atomic mass is 16.3. The Balaban J connectivity index is 1.41. The number of hydrogen-bond acceptors (Lipinski definition) is 6. The van der Waals surface area contributed by atoms with E-state index in [0.29, 0.717) is 17.3 Å². The number of hydrazone groups is 1. The number of rotatable bonds is 4. The summed E-state index contributed by atoms with van der Waals surface area (Å²) >= 11 is 0. The Morgan fingerprint density at radius 2 is 2.04 bits per heavy atom. The number of para-hydroxylation sites is 1. The molecule has 0 amide bonds. The van der Waals surface area contributed by atoms with Gasteiger partial charge in [-0.3, -0.25) is 5.43 Å². The van der Waals surface area contributed by atoms with Crippen molar-refractivity contribution in [3.63, 3.8) is 0 Å². The van der Waals surface area contributed by atoms with Crippen LogP contribution in [0.15, 0.2) is 56.7 Å². The van der Waals surface area contributed by atoms with Crippen molar-refractivity contribution >= 4 is 34.1 Å². The summed E-state index contributed by atoms with van der Waals surface area (Å²) in [5.74, 6) is 3.57. The molecule has 0 saturated heterocycles. The van der Waals surface area contributed by atoms with Crippen molar-refractivity contribution in [3.05, 3.63) is 54.2 Å². The Morgan fingerprint density at radius 1 is 1.16 bits per heavy atom. The van der Waals surface area contributed by atoms with E-state index in [0.717, 1.165) is 33.9 Å². The van der Waals surface area contributed by atoms with Crippen molar-refractivity contribution in [3.8, 4) is 0 Å². The molecule has 1 saturated carbocycles. The molecule has 1 aliphatic carbocycles. The first kappa shape index (κ1) is 14.2. The number of furan rings is 2. The molecule has 1 aliphatic rings. The lowest BCUT2D eigenvalue weighted by Crippen LogP contribution is -1.94. The van der Waals surface area contributed by atoms with E-state index in [2.05, 4.69) is 27.4 Å². The van der Waals surface area contributed by atoms with Crippen LogP contribution in [0.25, 0.3) is 22.1 Å². The molecular weight excluding hydrogens is 316 g/mol.